The molecule has 0 aromatic rings. The molecule has 3 nitrogen and oxygen atoms in total. The Morgan fingerprint density at radius 2 is 2.00 bits per heavy atom. The van der Waals surface area contributed by atoms with E-state index in [4.69, 9.17) is 10.6 Å². The summed E-state index contributed by atoms with van der Waals surface area (Å²) in [6.07, 6.45) is 4.84. The Balaban J connectivity index is 3.43. The maximum atomic E-state index is 5.40. The van der Waals surface area contributed by atoms with Crippen molar-refractivity contribution < 1.29 is 4.74 Å². The van der Waals surface area contributed by atoms with E-state index in [0.29, 0.717) is 12.1 Å². The highest BCUT2D eigenvalue weighted by Crippen LogP contribution is 2.07. The van der Waals surface area contributed by atoms with Gasteiger partial charge in [0.2, 0.25) is 0 Å². The van der Waals surface area contributed by atoms with Gasteiger partial charge in [0.15, 0.2) is 0 Å². The lowest BCUT2D eigenvalue weighted by atomic mass is 10.1. The number of hydrogen-bond donors (Lipinski definition) is 2. The van der Waals surface area contributed by atoms with E-state index in [2.05, 4.69) is 19.3 Å². The predicted octanol–water partition coefficient (Wildman–Crippen LogP) is 1.43. The van der Waals surface area contributed by atoms with Crippen molar-refractivity contribution in [2.75, 3.05) is 7.11 Å². The fourth-order valence-corrected chi connectivity index (χ4v) is 1.21. The van der Waals surface area contributed by atoms with E-state index >= 15 is 0 Å². The SMILES string of the molecule is CCCC(CCC(C)OC)NN. The molecule has 2 unspecified atom stereocenters. The molecule has 0 saturated carbocycles. The monoisotopic (exact) mass is 174 g/mol. The van der Waals surface area contributed by atoms with Gasteiger partial charge in [0.1, 0.15) is 0 Å². The van der Waals surface area contributed by atoms with Crippen molar-refractivity contribution in [2.24, 2.45) is 5.84 Å². The van der Waals surface area contributed by atoms with E-state index in [9.17, 15) is 0 Å². The van der Waals surface area contributed by atoms with Crippen LogP contribution in [0.3, 0.4) is 0 Å². The van der Waals surface area contributed by atoms with Crippen LogP contribution in [0.2, 0.25) is 0 Å². The van der Waals surface area contributed by atoms with E-state index < -0.39 is 0 Å². The Morgan fingerprint density at radius 1 is 1.33 bits per heavy atom. The molecule has 0 amide bonds. The zero-order valence-corrected chi connectivity index (χ0v) is 8.47. The van der Waals surface area contributed by atoms with Gasteiger partial charge < -0.3 is 4.74 Å². The molecule has 0 aliphatic carbocycles. The van der Waals surface area contributed by atoms with Gasteiger partial charge >= 0.3 is 0 Å². The highest BCUT2D eigenvalue weighted by atomic mass is 16.5. The van der Waals surface area contributed by atoms with Crippen LogP contribution >= 0.6 is 0 Å². The van der Waals surface area contributed by atoms with Crippen molar-refractivity contribution in [1.29, 1.82) is 0 Å². The lowest BCUT2D eigenvalue weighted by molar-refractivity contribution is 0.105. The van der Waals surface area contributed by atoms with Gasteiger partial charge in [-0.05, 0) is 26.2 Å². The summed E-state index contributed by atoms with van der Waals surface area (Å²) in [5.74, 6) is 5.40. The molecule has 0 aromatic carbocycles. The van der Waals surface area contributed by atoms with Gasteiger partial charge in [0.25, 0.3) is 0 Å². The molecule has 0 aliphatic rings. The lowest BCUT2D eigenvalue weighted by Crippen LogP contribution is -2.35. The first-order chi connectivity index (χ1) is 5.74. The highest BCUT2D eigenvalue weighted by Gasteiger charge is 2.07. The van der Waals surface area contributed by atoms with Crippen molar-refractivity contribution in [2.45, 2.75) is 51.7 Å². The summed E-state index contributed by atoms with van der Waals surface area (Å²) in [5.41, 5.74) is 2.83. The molecule has 0 fully saturated rings. The van der Waals surface area contributed by atoms with Crippen LogP contribution in [0, 0.1) is 0 Å². The van der Waals surface area contributed by atoms with Crippen LogP contribution in [-0.4, -0.2) is 19.3 Å². The number of hydrazine groups is 1. The maximum Gasteiger partial charge on any atom is 0.0543 e. The fraction of sp³-hybridized carbons (Fsp3) is 1.00. The van der Waals surface area contributed by atoms with Gasteiger partial charge in [-0.15, -0.1) is 0 Å². The molecule has 0 bridgehead atoms. The van der Waals surface area contributed by atoms with Crippen molar-refractivity contribution in [3.63, 3.8) is 0 Å². The standard InChI is InChI=1S/C9H22N2O/c1-4-5-9(11-10)7-6-8(2)12-3/h8-9,11H,4-7,10H2,1-3H3. The minimum absolute atomic E-state index is 0.345. The van der Waals surface area contributed by atoms with Crippen LogP contribution < -0.4 is 11.3 Å². The first-order valence-electron chi connectivity index (χ1n) is 4.73. The van der Waals surface area contributed by atoms with E-state index in [0.717, 1.165) is 19.3 Å². The van der Waals surface area contributed by atoms with Gasteiger partial charge in [0.05, 0.1) is 6.10 Å². The Hall–Kier alpha value is -0.120. The average molecular weight is 174 g/mol. The molecule has 3 heteroatoms. The van der Waals surface area contributed by atoms with Crippen LogP contribution in [0.5, 0.6) is 0 Å². The minimum Gasteiger partial charge on any atom is -0.382 e. The average Bonchev–Trinajstić information content (AvgIpc) is 2.11. The predicted molar refractivity (Wildman–Crippen MR) is 51.7 cm³/mol. The fourth-order valence-electron chi connectivity index (χ4n) is 1.21. The summed E-state index contributed by atoms with van der Waals surface area (Å²) >= 11 is 0. The van der Waals surface area contributed by atoms with Crippen LogP contribution in [0.4, 0.5) is 0 Å². The summed E-state index contributed by atoms with van der Waals surface area (Å²) < 4.78 is 5.15. The molecular weight excluding hydrogens is 152 g/mol. The van der Waals surface area contributed by atoms with E-state index in [1.54, 1.807) is 7.11 Å². The maximum absolute atomic E-state index is 5.40. The second kappa shape index (κ2) is 7.53. The molecule has 0 radical (unpaired) electrons. The molecule has 3 N–H and O–H groups in total. The summed E-state index contributed by atoms with van der Waals surface area (Å²) in [5, 5.41) is 0. The van der Waals surface area contributed by atoms with Gasteiger partial charge in [0, 0.05) is 13.2 Å². The first-order valence-corrected chi connectivity index (χ1v) is 4.73. The molecule has 74 valence electrons. The van der Waals surface area contributed by atoms with E-state index in [1.807, 2.05) is 0 Å². The molecule has 0 saturated heterocycles. The third-order valence-corrected chi connectivity index (χ3v) is 2.20. The quantitative estimate of drug-likeness (QED) is 0.453. The molecule has 0 rings (SSSR count). The Kier molecular flexibility index (Phi) is 7.45. The summed E-state index contributed by atoms with van der Waals surface area (Å²) in [6, 6.07) is 0.451. The van der Waals surface area contributed by atoms with E-state index in [-0.39, 0.29) is 0 Å². The summed E-state index contributed by atoms with van der Waals surface area (Å²) in [6.45, 7) is 4.25. The van der Waals surface area contributed by atoms with Gasteiger partial charge in [-0.1, -0.05) is 13.3 Å². The topological polar surface area (TPSA) is 47.3 Å². The number of ether oxygens (including phenoxy) is 1. The molecule has 0 aromatic heterocycles. The molecule has 0 spiro atoms. The summed E-state index contributed by atoms with van der Waals surface area (Å²) in [4.78, 5) is 0. The zero-order chi connectivity index (χ0) is 9.40. The van der Waals surface area contributed by atoms with Crippen LogP contribution in [0.15, 0.2) is 0 Å². The Labute approximate surface area is 75.6 Å². The largest absolute Gasteiger partial charge is 0.382 e. The van der Waals surface area contributed by atoms with Gasteiger partial charge in [-0.25, -0.2) is 0 Å². The second-order valence-corrected chi connectivity index (χ2v) is 3.28. The van der Waals surface area contributed by atoms with Crippen molar-refractivity contribution >= 4 is 0 Å². The number of nitrogens with one attached hydrogen (secondary N) is 1. The normalized spacial score (nSPS) is 16.0. The molecule has 0 heterocycles. The van der Waals surface area contributed by atoms with Crippen molar-refractivity contribution in [1.82, 2.24) is 5.43 Å². The molecule has 12 heavy (non-hydrogen) atoms. The minimum atomic E-state index is 0.345. The van der Waals surface area contributed by atoms with Gasteiger partial charge in [-0.2, -0.15) is 0 Å². The number of nitrogens with two attached hydrogens (primary N) is 1. The van der Waals surface area contributed by atoms with Gasteiger partial charge in [-0.3, -0.25) is 11.3 Å². The third-order valence-electron chi connectivity index (χ3n) is 2.20. The van der Waals surface area contributed by atoms with E-state index in [1.165, 1.54) is 6.42 Å². The number of rotatable bonds is 7. The van der Waals surface area contributed by atoms with Crippen LogP contribution in [0.1, 0.15) is 39.5 Å². The van der Waals surface area contributed by atoms with Crippen molar-refractivity contribution in [3.8, 4) is 0 Å². The molecular formula is C9H22N2O. The van der Waals surface area contributed by atoms with Crippen molar-refractivity contribution in [3.05, 3.63) is 0 Å². The third kappa shape index (κ3) is 5.52. The summed E-state index contributed by atoms with van der Waals surface area (Å²) in [7, 11) is 1.75. The molecule has 0 aliphatic heterocycles. The smallest absolute Gasteiger partial charge is 0.0543 e. The van der Waals surface area contributed by atoms with Crippen LogP contribution in [0.25, 0.3) is 0 Å². The first kappa shape index (κ1) is 11.9. The lowest BCUT2D eigenvalue weighted by Gasteiger charge is -2.16. The van der Waals surface area contributed by atoms with Crippen LogP contribution in [-0.2, 0) is 4.74 Å². The Morgan fingerprint density at radius 3 is 2.42 bits per heavy atom. The zero-order valence-electron chi connectivity index (χ0n) is 8.47. The molecule has 2 atom stereocenters. The number of methoxy groups -OCH3 is 1. The number of hydrogen-bond acceptors (Lipinski definition) is 3. The highest BCUT2D eigenvalue weighted by molar-refractivity contribution is 4.64. The second-order valence-electron chi connectivity index (χ2n) is 3.28. The Bertz CT molecular complexity index is 98.5.